The number of aromatic nitrogens is 2. The summed E-state index contributed by atoms with van der Waals surface area (Å²) in [4.78, 5) is 2.66. The molecule has 1 aliphatic heterocycles. The van der Waals surface area contributed by atoms with Crippen molar-refractivity contribution in [1.82, 2.24) is 20.0 Å². The summed E-state index contributed by atoms with van der Waals surface area (Å²) in [6.07, 6.45) is 9.29. The summed E-state index contributed by atoms with van der Waals surface area (Å²) in [7, 11) is 1.99. The van der Waals surface area contributed by atoms with E-state index in [1.165, 1.54) is 31.4 Å². The van der Waals surface area contributed by atoms with Crippen LogP contribution in [0.25, 0.3) is 0 Å². The maximum Gasteiger partial charge on any atom is 0.0522 e. The molecule has 0 bridgehead atoms. The van der Waals surface area contributed by atoms with Gasteiger partial charge in [-0.3, -0.25) is 9.58 Å². The standard InChI is InChI=1S/C16H30N4/c1-16(2,3)17-12-15-7-5-6-9-20(15)10-8-14-11-18-19(4)13-14/h11,13,15,17H,5-10,12H2,1-4H3. The van der Waals surface area contributed by atoms with Crippen LogP contribution in [0.5, 0.6) is 0 Å². The number of hydrogen-bond acceptors (Lipinski definition) is 3. The van der Waals surface area contributed by atoms with Crippen molar-refractivity contribution < 1.29 is 0 Å². The van der Waals surface area contributed by atoms with Crippen molar-refractivity contribution in [2.75, 3.05) is 19.6 Å². The fourth-order valence-corrected chi connectivity index (χ4v) is 2.88. The van der Waals surface area contributed by atoms with Gasteiger partial charge < -0.3 is 5.32 Å². The Bertz CT molecular complexity index is 405. The zero-order valence-electron chi connectivity index (χ0n) is 13.5. The van der Waals surface area contributed by atoms with Crippen LogP contribution < -0.4 is 5.32 Å². The number of piperidine rings is 1. The Balaban J connectivity index is 1.83. The molecule has 2 rings (SSSR count). The first-order valence-electron chi connectivity index (χ1n) is 7.91. The Morgan fingerprint density at radius 2 is 2.15 bits per heavy atom. The summed E-state index contributed by atoms with van der Waals surface area (Å²) in [5, 5.41) is 7.92. The third-order valence-electron chi connectivity index (χ3n) is 4.06. The highest BCUT2D eigenvalue weighted by Gasteiger charge is 2.23. The maximum atomic E-state index is 4.25. The third kappa shape index (κ3) is 4.91. The minimum Gasteiger partial charge on any atom is -0.311 e. The van der Waals surface area contributed by atoms with Gasteiger partial charge in [-0.2, -0.15) is 5.10 Å². The molecular formula is C16H30N4. The van der Waals surface area contributed by atoms with E-state index in [4.69, 9.17) is 0 Å². The van der Waals surface area contributed by atoms with Crippen LogP contribution >= 0.6 is 0 Å². The molecule has 1 atom stereocenters. The molecule has 1 aliphatic rings. The lowest BCUT2D eigenvalue weighted by molar-refractivity contribution is 0.140. The first-order valence-corrected chi connectivity index (χ1v) is 7.91. The van der Waals surface area contributed by atoms with Gasteiger partial charge in [0.25, 0.3) is 0 Å². The number of hydrogen-bond donors (Lipinski definition) is 1. The molecule has 0 spiro atoms. The lowest BCUT2D eigenvalue weighted by Crippen LogP contribution is -2.50. The van der Waals surface area contributed by atoms with Gasteiger partial charge >= 0.3 is 0 Å². The molecule has 4 heteroatoms. The second-order valence-electron chi connectivity index (χ2n) is 7.09. The van der Waals surface area contributed by atoms with Crippen molar-refractivity contribution in [3.05, 3.63) is 18.0 Å². The second-order valence-corrected chi connectivity index (χ2v) is 7.09. The van der Waals surface area contributed by atoms with Crippen molar-refractivity contribution in [2.24, 2.45) is 7.05 Å². The quantitative estimate of drug-likeness (QED) is 0.896. The number of likely N-dealkylation sites (tertiary alicyclic amines) is 1. The lowest BCUT2D eigenvalue weighted by Gasteiger charge is -2.37. The van der Waals surface area contributed by atoms with Gasteiger partial charge in [0.05, 0.1) is 6.20 Å². The van der Waals surface area contributed by atoms with Crippen LogP contribution in [0.3, 0.4) is 0 Å². The normalized spacial score (nSPS) is 21.3. The van der Waals surface area contributed by atoms with Crippen molar-refractivity contribution in [2.45, 2.75) is 58.0 Å². The van der Waals surface area contributed by atoms with E-state index in [0.29, 0.717) is 6.04 Å². The van der Waals surface area contributed by atoms with Crippen molar-refractivity contribution in [3.8, 4) is 0 Å². The van der Waals surface area contributed by atoms with Crippen LogP contribution in [0.15, 0.2) is 12.4 Å². The predicted molar refractivity (Wildman–Crippen MR) is 83.9 cm³/mol. The van der Waals surface area contributed by atoms with Gasteiger partial charge in [-0.05, 0) is 52.1 Å². The predicted octanol–water partition coefficient (Wildman–Crippen LogP) is 2.21. The van der Waals surface area contributed by atoms with Crippen LogP contribution in [-0.2, 0) is 13.5 Å². The van der Waals surface area contributed by atoms with E-state index in [2.05, 4.69) is 42.3 Å². The molecule has 0 amide bonds. The molecule has 1 saturated heterocycles. The summed E-state index contributed by atoms with van der Waals surface area (Å²) in [6.45, 7) is 10.2. The highest BCUT2D eigenvalue weighted by molar-refractivity contribution is 5.04. The van der Waals surface area contributed by atoms with E-state index in [1.54, 1.807) is 0 Å². The fourth-order valence-electron chi connectivity index (χ4n) is 2.88. The van der Waals surface area contributed by atoms with Gasteiger partial charge in [-0.1, -0.05) is 6.42 Å². The summed E-state index contributed by atoms with van der Waals surface area (Å²) >= 11 is 0. The van der Waals surface area contributed by atoms with Gasteiger partial charge in [0.2, 0.25) is 0 Å². The number of nitrogens with zero attached hydrogens (tertiary/aromatic N) is 3. The molecule has 1 unspecified atom stereocenters. The zero-order valence-corrected chi connectivity index (χ0v) is 13.5. The van der Waals surface area contributed by atoms with Crippen LogP contribution in [0, 0.1) is 0 Å². The number of nitrogens with one attached hydrogen (secondary N) is 1. The molecule has 0 aliphatic carbocycles. The Hall–Kier alpha value is -0.870. The molecule has 0 aromatic carbocycles. The lowest BCUT2D eigenvalue weighted by atomic mass is 10.00. The molecule has 20 heavy (non-hydrogen) atoms. The third-order valence-corrected chi connectivity index (χ3v) is 4.06. The van der Waals surface area contributed by atoms with Crippen LogP contribution in [0.1, 0.15) is 45.6 Å². The number of aryl methyl sites for hydroxylation is 1. The highest BCUT2D eigenvalue weighted by Crippen LogP contribution is 2.17. The summed E-state index contributed by atoms with van der Waals surface area (Å²) in [5.41, 5.74) is 1.56. The van der Waals surface area contributed by atoms with E-state index in [-0.39, 0.29) is 5.54 Å². The van der Waals surface area contributed by atoms with Crippen LogP contribution in [0.2, 0.25) is 0 Å². The topological polar surface area (TPSA) is 33.1 Å². The fraction of sp³-hybridized carbons (Fsp3) is 0.812. The van der Waals surface area contributed by atoms with Crippen molar-refractivity contribution in [3.63, 3.8) is 0 Å². The van der Waals surface area contributed by atoms with E-state index in [0.717, 1.165) is 19.5 Å². The molecular weight excluding hydrogens is 248 g/mol. The smallest absolute Gasteiger partial charge is 0.0522 e. The molecule has 2 heterocycles. The van der Waals surface area contributed by atoms with E-state index >= 15 is 0 Å². The minimum absolute atomic E-state index is 0.215. The van der Waals surface area contributed by atoms with Crippen LogP contribution in [-0.4, -0.2) is 45.9 Å². The molecule has 0 radical (unpaired) electrons. The van der Waals surface area contributed by atoms with Crippen molar-refractivity contribution >= 4 is 0 Å². The molecule has 0 saturated carbocycles. The van der Waals surface area contributed by atoms with Gasteiger partial charge in [0, 0.05) is 37.9 Å². The molecule has 1 N–H and O–H groups in total. The van der Waals surface area contributed by atoms with Crippen LogP contribution in [0.4, 0.5) is 0 Å². The molecule has 114 valence electrons. The average Bonchev–Trinajstić information content (AvgIpc) is 2.80. The summed E-state index contributed by atoms with van der Waals surface area (Å²) in [6, 6.07) is 0.694. The Labute approximate surface area is 123 Å². The molecule has 1 aromatic rings. The highest BCUT2D eigenvalue weighted by atomic mass is 15.2. The molecule has 1 aromatic heterocycles. The van der Waals surface area contributed by atoms with Gasteiger partial charge in [-0.25, -0.2) is 0 Å². The van der Waals surface area contributed by atoms with Gasteiger partial charge in [0.1, 0.15) is 0 Å². The Kier molecular flexibility index (Phi) is 5.22. The first kappa shape index (κ1) is 15.5. The Morgan fingerprint density at radius 3 is 2.80 bits per heavy atom. The first-order chi connectivity index (χ1) is 9.44. The molecule has 4 nitrogen and oxygen atoms in total. The SMILES string of the molecule is Cn1cc(CCN2CCCCC2CNC(C)(C)C)cn1. The molecule has 1 fully saturated rings. The van der Waals surface area contributed by atoms with Gasteiger partial charge in [0.15, 0.2) is 0 Å². The second kappa shape index (κ2) is 6.72. The average molecular weight is 278 g/mol. The summed E-state index contributed by atoms with van der Waals surface area (Å²) < 4.78 is 1.89. The summed E-state index contributed by atoms with van der Waals surface area (Å²) in [5.74, 6) is 0. The monoisotopic (exact) mass is 278 g/mol. The minimum atomic E-state index is 0.215. The zero-order chi connectivity index (χ0) is 14.6. The van der Waals surface area contributed by atoms with E-state index < -0.39 is 0 Å². The number of rotatable bonds is 5. The maximum absolute atomic E-state index is 4.25. The van der Waals surface area contributed by atoms with E-state index in [1.807, 2.05) is 17.9 Å². The van der Waals surface area contributed by atoms with Crippen molar-refractivity contribution in [1.29, 1.82) is 0 Å². The Morgan fingerprint density at radius 1 is 1.35 bits per heavy atom. The van der Waals surface area contributed by atoms with E-state index in [9.17, 15) is 0 Å². The van der Waals surface area contributed by atoms with Gasteiger partial charge in [-0.15, -0.1) is 0 Å². The largest absolute Gasteiger partial charge is 0.311 e.